The maximum absolute atomic E-state index is 13.1. The number of nitrogens with zero attached hydrogens (tertiary/aromatic N) is 1. The molecule has 1 aromatic carbocycles. The molecule has 2 fully saturated rings. The molecule has 1 saturated carbocycles. The number of amides is 1. The van der Waals surface area contributed by atoms with E-state index in [0.717, 1.165) is 37.9 Å². The van der Waals surface area contributed by atoms with Crippen LogP contribution in [0.25, 0.3) is 0 Å². The molecule has 1 aliphatic heterocycles. The van der Waals surface area contributed by atoms with E-state index in [4.69, 9.17) is 11.6 Å². The fraction of sp³-hybridized carbons (Fsp3) is 0.429. The van der Waals surface area contributed by atoms with Gasteiger partial charge in [0.05, 0.1) is 17.6 Å². The zero-order valence-electron chi connectivity index (χ0n) is 15.6. The summed E-state index contributed by atoms with van der Waals surface area (Å²) in [5, 5.41) is 7.10. The number of carbonyl (C=O) groups is 1. The summed E-state index contributed by atoms with van der Waals surface area (Å²) in [6.07, 6.45) is 6.03. The lowest BCUT2D eigenvalue weighted by Gasteiger charge is -2.37. The number of anilines is 1. The van der Waals surface area contributed by atoms with Gasteiger partial charge in [-0.1, -0.05) is 42.6 Å². The highest BCUT2D eigenvalue weighted by Gasteiger charge is 2.49. The smallest absolute Gasteiger partial charge is 0.250 e. The van der Waals surface area contributed by atoms with Crippen LogP contribution in [0.1, 0.15) is 31.2 Å². The number of rotatable bonds is 4. The SMILES string of the molecule is Cl.O=C(Nc1ccc(=O)n(Cc2ccccc2Cl)c1)[C@@]12CCCC[C@H]1CNC2. The molecule has 4 rings (SSSR count). The number of halogens is 2. The number of aromatic nitrogens is 1. The molecule has 0 spiro atoms. The number of benzene rings is 1. The van der Waals surface area contributed by atoms with Gasteiger partial charge in [0.1, 0.15) is 0 Å². The van der Waals surface area contributed by atoms with Crippen LogP contribution in [0.3, 0.4) is 0 Å². The third kappa shape index (κ3) is 3.97. The Hall–Kier alpha value is -1.82. The Kier molecular flexibility index (Phi) is 6.48. The number of fused-ring (bicyclic) bond motifs is 1. The number of hydrogen-bond acceptors (Lipinski definition) is 3. The molecule has 2 atom stereocenters. The molecule has 5 nitrogen and oxygen atoms in total. The summed E-state index contributed by atoms with van der Waals surface area (Å²) in [6.45, 7) is 2.03. The number of hydrogen-bond donors (Lipinski definition) is 2. The second kappa shape index (κ2) is 8.68. The van der Waals surface area contributed by atoms with Crippen molar-refractivity contribution in [3.63, 3.8) is 0 Å². The van der Waals surface area contributed by atoms with Crippen LogP contribution in [0.15, 0.2) is 47.4 Å². The summed E-state index contributed by atoms with van der Waals surface area (Å²) >= 11 is 6.22. The Morgan fingerprint density at radius 3 is 2.89 bits per heavy atom. The quantitative estimate of drug-likeness (QED) is 0.790. The monoisotopic (exact) mass is 421 g/mol. The highest BCUT2D eigenvalue weighted by atomic mass is 35.5. The summed E-state index contributed by atoms with van der Waals surface area (Å²) in [4.78, 5) is 25.4. The molecule has 2 N–H and O–H groups in total. The predicted molar refractivity (Wildman–Crippen MR) is 114 cm³/mol. The van der Waals surface area contributed by atoms with Gasteiger partial charge in [-0.25, -0.2) is 0 Å². The van der Waals surface area contributed by atoms with Gasteiger partial charge in [0.2, 0.25) is 5.91 Å². The van der Waals surface area contributed by atoms with Crippen LogP contribution in [-0.2, 0) is 11.3 Å². The van der Waals surface area contributed by atoms with Gasteiger partial charge < -0.3 is 15.2 Å². The van der Waals surface area contributed by atoms with Crippen molar-refractivity contribution in [2.75, 3.05) is 18.4 Å². The van der Waals surface area contributed by atoms with Crippen LogP contribution in [0.2, 0.25) is 5.02 Å². The molecule has 1 aliphatic carbocycles. The third-order valence-electron chi connectivity index (χ3n) is 6.03. The van der Waals surface area contributed by atoms with E-state index in [9.17, 15) is 9.59 Å². The molecule has 1 amide bonds. The first-order chi connectivity index (χ1) is 13.1. The maximum atomic E-state index is 13.1. The van der Waals surface area contributed by atoms with Crippen LogP contribution in [-0.4, -0.2) is 23.6 Å². The molecule has 0 bridgehead atoms. The van der Waals surface area contributed by atoms with Crippen molar-refractivity contribution in [1.82, 2.24) is 9.88 Å². The normalized spacial score (nSPS) is 23.5. The second-order valence-electron chi connectivity index (χ2n) is 7.66. The number of pyridine rings is 1. The Balaban J connectivity index is 0.00000225. The zero-order valence-corrected chi connectivity index (χ0v) is 17.2. The second-order valence-corrected chi connectivity index (χ2v) is 8.07. The fourth-order valence-electron chi connectivity index (χ4n) is 4.48. The third-order valence-corrected chi connectivity index (χ3v) is 6.40. The van der Waals surface area contributed by atoms with Gasteiger partial charge in [-0.3, -0.25) is 9.59 Å². The van der Waals surface area contributed by atoms with E-state index in [1.165, 1.54) is 12.5 Å². The van der Waals surface area contributed by atoms with Gasteiger partial charge in [0, 0.05) is 23.8 Å². The molecule has 2 aromatic rings. The topological polar surface area (TPSA) is 63.1 Å². The molecule has 150 valence electrons. The molecule has 7 heteroatoms. The van der Waals surface area contributed by atoms with Crippen molar-refractivity contribution >= 4 is 35.6 Å². The summed E-state index contributed by atoms with van der Waals surface area (Å²) in [7, 11) is 0. The van der Waals surface area contributed by atoms with E-state index in [-0.39, 0.29) is 29.3 Å². The van der Waals surface area contributed by atoms with Crippen LogP contribution in [0.5, 0.6) is 0 Å². The van der Waals surface area contributed by atoms with Crippen molar-refractivity contribution in [2.45, 2.75) is 32.2 Å². The van der Waals surface area contributed by atoms with Crippen molar-refractivity contribution < 1.29 is 4.79 Å². The van der Waals surface area contributed by atoms with Crippen molar-refractivity contribution in [3.8, 4) is 0 Å². The minimum absolute atomic E-state index is 0. The highest BCUT2D eigenvalue weighted by molar-refractivity contribution is 6.31. The van der Waals surface area contributed by atoms with Gasteiger partial charge in [-0.05, 0) is 43.0 Å². The Morgan fingerprint density at radius 1 is 1.25 bits per heavy atom. The van der Waals surface area contributed by atoms with Gasteiger partial charge in [-0.15, -0.1) is 12.4 Å². The molecule has 0 radical (unpaired) electrons. The first kappa shape index (κ1) is 20.9. The van der Waals surface area contributed by atoms with Crippen LogP contribution in [0.4, 0.5) is 5.69 Å². The first-order valence-electron chi connectivity index (χ1n) is 9.54. The summed E-state index contributed by atoms with van der Waals surface area (Å²) in [5.41, 5.74) is 1.08. The van der Waals surface area contributed by atoms with Gasteiger partial charge in [0.15, 0.2) is 0 Å². The van der Waals surface area contributed by atoms with Gasteiger partial charge in [0.25, 0.3) is 5.56 Å². The molecular weight excluding hydrogens is 397 g/mol. The van der Waals surface area contributed by atoms with Crippen molar-refractivity contribution in [2.24, 2.45) is 11.3 Å². The largest absolute Gasteiger partial charge is 0.324 e. The predicted octanol–water partition coefficient (Wildman–Crippen LogP) is 3.69. The summed E-state index contributed by atoms with van der Waals surface area (Å²) in [6, 6.07) is 10.6. The van der Waals surface area contributed by atoms with Gasteiger partial charge in [-0.2, -0.15) is 0 Å². The van der Waals surface area contributed by atoms with Crippen LogP contribution >= 0.6 is 24.0 Å². The molecular formula is C21H25Cl2N3O2. The average Bonchev–Trinajstić information content (AvgIpc) is 3.11. The van der Waals surface area contributed by atoms with E-state index in [1.807, 2.05) is 24.3 Å². The molecule has 28 heavy (non-hydrogen) atoms. The van der Waals surface area contributed by atoms with Crippen LogP contribution in [0, 0.1) is 11.3 Å². The average molecular weight is 422 g/mol. The lowest BCUT2D eigenvalue weighted by atomic mass is 9.67. The first-order valence-corrected chi connectivity index (χ1v) is 9.92. The Morgan fingerprint density at radius 2 is 2.07 bits per heavy atom. The fourth-order valence-corrected chi connectivity index (χ4v) is 4.68. The lowest BCUT2D eigenvalue weighted by Crippen LogP contribution is -2.44. The van der Waals surface area contributed by atoms with Crippen molar-refractivity contribution in [1.29, 1.82) is 0 Å². The summed E-state index contributed by atoms with van der Waals surface area (Å²) < 4.78 is 1.58. The number of nitrogens with one attached hydrogen (secondary N) is 2. The molecule has 1 aromatic heterocycles. The van der Waals surface area contributed by atoms with Gasteiger partial charge >= 0.3 is 0 Å². The highest BCUT2D eigenvalue weighted by Crippen LogP contribution is 2.44. The number of carbonyl (C=O) groups excluding carboxylic acids is 1. The molecule has 2 aliphatic rings. The van der Waals surface area contributed by atoms with E-state index in [2.05, 4.69) is 10.6 Å². The summed E-state index contributed by atoms with van der Waals surface area (Å²) in [5.74, 6) is 0.473. The zero-order chi connectivity index (χ0) is 18.9. The maximum Gasteiger partial charge on any atom is 0.250 e. The molecule has 2 heterocycles. The van der Waals surface area contributed by atoms with Crippen molar-refractivity contribution in [3.05, 3.63) is 63.5 Å². The standard InChI is InChI=1S/C21H24ClN3O2.ClH/c22-18-7-2-1-5-15(18)12-25-13-17(8-9-19(25)26)24-20(27)21-10-4-3-6-16(21)11-23-14-21;/h1-2,5,7-9,13,16,23H,3-4,6,10-12,14H2,(H,24,27);1H/t16-,21+;/m0./s1. The Labute approximate surface area is 175 Å². The molecule has 0 unspecified atom stereocenters. The lowest BCUT2D eigenvalue weighted by molar-refractivity contribution is -0.128. The minimum atomic E-state index is -0.318. The van der Waals surface area contributed by atoms with E-state index >= 15 is 0 Å². The minimum Gasteiger partial charge on any atom is -0.324 e. The van der Waals surface area contributed by atoms with E-state index in [0.29, 0.717) is 23.2 Å². The van der Waals surface area contributed by atoms with E-state index < -0.39 is 0 Å². The Bertz CT molecular complexity index is 915. The van der Waals surface area contributed by atoms with E-state index in [1.54, 1.807) is 16.8 Å². The molecule has 1 saturated heterocycles. The van der Waals surface area contributed by atoms with Crippen LogP contribution < -0.4 is 16.2 Å².